The first-order valence-corrected chi connectivity index (χ1v) is 12.1. The van der Waals surface area contributed by atoms with Gasteiger partial charge in [0.1, 0.15) is 11.4 Å². The largest absolute Gasteiger partial charge is 0.462 e. The Kier molecular flexibility index (Phi) is 7.85. The first-order valence-electron chi connectivity index (χ1n) is 10.6. The highest BCUT2D eigenvalue weighted by atomic mass is 32.2. The van der Waals surface area contributed by atoms with Crippen LogP contribution in [0.2, 0.25) is 0 Å². The van der Waals surface area contributed by atoms with Crippen molar-refractivity contribution in [2.75, 3.05) is 16.6 Å². The number of carbonyl (C=O) groups excluding carboxylic acids is 2. The molecule has 0 saturated carbocycles. The van der Waals surface area contributed by atoms with Gasteiger partial charge < -0.3 is 14.6 Å². The summed E-state index contributed by atoms with van der Waals surface area (Å²) in [6.07, 6.45) is 3.70. The zero-order chi connectivity index (χ0) is 24.7. The second-order valence-electron chi connectivity index (χ2n) is 7.21. The van der Waals surface area contributed by atoms with Crippen LogP contribution in [0.25, 0.3) is 12.2 Å². The van der Waals surface area contributed by atoms with Crippen molar-refractivity contribution in [3.8, 4) is 0 Å². The molecule has 0 bridgehead atoms. The van der Waals surface area contributed by atoms with Crippen molar-refractivity contribution in [1.82, 2.24) is 5.16 Å². The molecule has 0 aliphatic carbocycles. The number of amides is 1. The maximum absolute atomic E-state index is 12.7. The number of sulfonamides is 1. The molecule has 0 saturated heterocycles. The Balaban J connectivity index is 1.70. The summed E-state index contributed by atoms with van der Waals surface area (Å²) in [4.78, 5) is 23.5. The number of anilines is 2. The molecular formula is C24H25N3O6S. The van der Waals surface area contributed by atoms with Gasteiger partial charge in [-0.2, -0.15) is 0 Å². The molecule has 2 aromatic carbocycles. The maximum atomic E-state index is 12.7. The molecule has 3 rings (SSSR count). The molecule has 34 heavy (non-hydrogen) atoms. The van der Waals surface area contributed by atoms with Crippen LogP contribution in [-0.4, -0.2) is 32.1 Å². The third-order valence-electron chi connectivity index (χ3n) is 4.74. The molecule has 1 amide bonds. The molecule has 178 valence electrons. The second kappa shape index (κ2) is 10.8. The Morgan fingerprint density at radius 3 is 2.32 bits per heavy atom. The van der Waals surface area contributed by atoms with Crippen molar-refractivity contribution in [3.63, 3.8) is 0 Å². The monoisotopic (exact) mass is 483 g/mol. The predicted octanol–water partition coefficient (Wildman–Crippen LogP) is 4.48. The van der Waals surface area contributed by atoms with E-state index in [9.17, 15) is 18.0 Å². The van der Waals surface area contributed by atoms with Crippen molar-refractivity contribution >= 4 is 45.4 Å². The fourth-order valence-electron chi connectivity index (χ4n) is 2.91. The van der Waals surface area contributed by atoms with E-state index in [2.05, 4.69) is 15.2 Å². The Morgan fingerprint density at radius 2 is 1.71 bits per heavy atom. The summed E-state index contributed by atoms with van der Waals surface area (Å²) in [7, 11) is -3.83. The molecule has 1 heterocycles. The van der Waals surface area contributed by atoms with Gasteiger partial charge in [-0.25, -0.2) is 13.2 Å². The standard InChI is InChI=1S/C24H25N3O6S/c1-4-22(28)25-23-16(3)26-33-21(23)15-8-17-6-13-20(14-7-17)34(30,31)27-19-11-9-18(10-12-19)24(29)32-5-2/h6-15,27H,4-5H2,1-3H3,(H,25,28)/b15-8-. The fourth-order valence-corrected chi connectivity index (χ4v) is 3.97. The van der Waals surface area contributed by atoms with Gasteiger partial charge in [-0.05, 0) is 61.9 Å². The lowest BCUT2D eigenvalue weighted by molar-refractivity contribution is -0.115. The van der Waals surface area contributed by atoms with E-state index in [1.54, 1.807) is 45.1 Å². The highest BCUT2D eigenvalue weighted by Crippen LogP contribution is 2.23. The van der Waals surface area contributed by atoms with Crippen LogP contribution in [0, 0.1) is 6.92 Å². The fraction of sp³-hybridized carbons (Fsp3) is 0.208. The van der Waals surface area contributed by atoms with Gasteiger partial charge in [0.2, 0.25) is 5.91 Å². The van der Waals surface area contributed by atoms with Crippen LogP contribution >= 0.6 is 0 Å². The van der Waals surface area contributed by atoms with Gasteiger partial charge in [0.25, 0.3) is 10.0 Å². The van der Waals surface area contributed by atoms with Crippen LogP contribution in [0.4, 0.5) is 11.4 Å². The number of carbonyl (C=O) groups is 2. The number of esters is 1. The average molecular weight is 484 g/mol. The molecular weight excluding hydrogens is 458 g/mol. The molecule has 9 nitrogen and oxygen atoms in total. The summed E-state index contributed by atoms with van der Waals surface area (Å²) in [5, 5.41) is 6.63. The van der Waals surface area contributed by atoms with Crippen molar-refractivity contribution in [3.05, 3.63) is 71.1 Å². The van der Waals surface area contributed by atoms with Crippen LogP contribution in [-0.2, 0) is 19.6 Å². The minimum atomic E-state index is -3.83. The van der Waals surface area contributed by atoms with Gasteiger partial charge >= 0.3 is 5.97 Å². The number of aromatic nitrogens is 1. The number of rotatable bonds is 9. The summed E-state index contributed by atoms with van der Waals surface area (Å²) in [6.45, 7) is 5.44. The smallest absolute Gasteiger partial charge is 0.338 e. The summed E-state index contributed by atoms with van der Waals surface area (Å²) in [5.41, 5.74) is 2.43. The second-order valence-corrected chi connectivity index (χ2v) is 8.90. The lowest BCUT2D eigenvalue weighted by Gasteiger charge is -2.09. The van der Waals surface area contributed by atoms with E-state index in [1.807, 2.05) is 0 Å². The first-order chi connectivity index (χ1) is 16.2. The van der Waals surface area contributed by atoms with Gasteiger partial charge in [0, 0.05) is 12.1 Å². The number of nitrogens with zero attached hydrogens (tertiary/aromatic N) is 1. The molecule has 0 aliphatic heterocycles. The summed E-state index contributed by atoms with van der Waals surface area (Å²) in [6, 6.07) is 12.2. The highest BCUT2D eigenvalue weighted by Gasteiger charge is 2.15. The number of nitrogens with one attached hydrogen (secondary N) is 2. The molecule has 2 N–H and O–H groups in total. The third kappa shape index (κ3) is 6.10. The lowest BCUT2D eigenvalue weighted by atomic mass is 10.2. The molecule has 0 spiro atoms. The van der Waals surface area contributed by atoms with Crippen molar-refractivity contribution in [2.45, 2.75) is 32.1 Å². The van der Waals surface area contributed by atoms with Gasteiger partial charge in [-0.3, -0.25) is 9.52 Å². The van der Waals surface area contributed by atoms with Gasteiger partial charge in [-0.15, -0.1) is 0 Å². The Hall–Kier alpha value is -3.92. The first kappa shape index (κ1) is 24.7. The Labute approximate surface area is 197 Å². The van der Waals surface area contributed by atoms with E-state index in [4.69, 9.17) is 9.26 Å². The van der Waals surface area contributed by atoms with Crippen molar-refractivity contribution in [1.29, 1.82) is 0 Å². The Morgan fingerprint density at radius 1 is 1.03 bits per heavy atom. The highest BCUT2D eigenvalue weighted by molar-refractivity contribution is 7.92. The van der Waals surface area contributed by atoms with E-state index >= 15 is 0 Å². The van der Waals surface area contributed by atoms with E-state index in [0.717, 1.165) is 5.56 Å². The Bertz CT molecular complexity index is 1290. The van der Waals surface area contributed by atoms with Gasteiger partial charge in [0.05, 0.1) is 17.1 Å². The van der Waals surface area contributed by atoms with Crippen LogP contribution < -0.4 is 10.0 Å². The topological polar surface area (TPSA) is 128 Å². The molecule has 0 aliphatic rings. The zero-order valence-corrected chi connectivity index (χ0v) is 19.8. The zero-order valence-electron chi connectivity index (χ0n) is 19.0. The number of ether oxygens (including phenoxy) is 1. The molecule has 0 radical (unpaired) electrons. The van der Waals surface area contributed by atoms with Crippen LogP contribution in [0.1, 0.15) is 47.6 Å². The molecule has 1 aromatic heterocycles. The molecule has 10 heteroatoms. The van der Waals surface area contributed by atoms with E-state index in [0.29, 0.717) is 34.8 Å². The normalized spacial score (nSPS) is 11.4. The minimum absolute atomic E-state index is 0.0746. The van der Waals surface area contributed by atoms with Crippen molar-refractivity contribution in [2.24, 2.45) is 0 Å². The summed E-state index contributed by atoms with van der Waals surface area (Å²) >= 11 is 0. The van der Waals surface area contributed by atoms with Crippen LogP contribution in [0.5, 0.6) is 0 Å². The third-order valence-corrected chi connectivity index (χ3v) is 6.14. The maximum Gasteiger partial charge on any atom is 0.338 e. The lowest BCUT2D eigenvalue weighted by Crippen LogP contribution is -2.13. The minimum Gasteiger partial charge on any atom is -0.462 e. The van der Waals surface area contributed by atoms with Gasteiger partial charge in [-0.1, -0.05) is 30.3 Å². The average Bonchev–Trinajstić information content (AvgIpc) is 3.17. The number of benzene rings is 2. The quantitative estimate of drug-likeness (QED) is 0.430. The molecule has 0 fully saturated rings. The number of aryl methyl sites for hydroxylation is 1. The molecule has 3 aromatic rings. The van der Waals surface area contributed by atoms with Crippen LogP contribution in [0.3, 0.4) is 0 Å². The van der Waals surface area contributed by atoms with Crippen LogP contribution in [0.15, 0.2) is 57.9 Å². The number of hydrogen-bond acceptors (Lipinski definition) is 7. The van der Waals surface area contributed by atoms with Crippen molar-refractivity contribution < 1.29 is 27.3 Å². The SMILES string of the molecule is CCOC(=O)c1ccc(NS(=O)(=O)c2ccc(/C=C\c3onc(C)c3NC(=O)CC)cc2)cc1. The predicted molar refractivity (Wildman–Crippen MR) is 129 cm³/mol. The van der Waals surface area contributed by atoms with Gasteiger partial charge in [0.15, 0.2) is 5.76 Å². The van der Waals surface area contributed by atoms with E-state index < -0.39 is 16.0 Å². The van der Waals surface area contributed by atoms with E-state index in [-0.39, 0.29) is 17.4 Å². The summed E-state index contributed by atoms with van der Waals surface area (Å²) in [5.74, 6) is -0.233. The molecule has 0 unspecified atom stereocenters. The molecule has 0 atom stereocenters. The van der Waals surface area contributed by atoms with E-state index in [1.165, 1.54) is 36.4 Å². The summed E-state index contributed by atoms with van der Waals surface area (Å²) < 4.78 is 38.1. The number of hydrogen-bond donors (Lipinski definition) is 2.